The highest BCUT2D eigenvalue weighted by Gasteiger charge is 1.96. The van der Waals surface area contributed by atoms with Crippen molar-refractivity contribution in [2.24, 2.45) is 0 Å². The van der Waals surface area contributed by atoms with Gasteiger partial charge in [0.2, 0.25) is 0 Å². The van der Waals surface area contributed by atoms with E-state index < -0.39 is 0 Å². The summed E-state index contributed by atoms with van der Waals surface area (Å²) in [6.45, 7) is 2.17. The normalized spacial score (nSPS) is 14.1. The Morgan fingerprint density at radius 3 is 2.73 bits per heavy atom. The zero-order chi connectivity index (χ0) is 8.53. The standard InChI is InChI=1S/C9H17BrO/c1-2-3-4-6-9(11)7-5-8-10/h5,7,9,11H,2-4,6,8H2,1H3. The fraction of sp³-hybridized carbons (Fsp3) is 0.778. The Kier molecular flexibility index (Phi) is 8.41. The second-order valence-electron chi connectivity index (χ2n) is 2.65. The highest BCUT2D eigenvalue weighted by molar-refractivity contribution is 9.09. The summed E-state index contributed by atoms with van der Waals surface area (Å²) in [5.41, 5.74) is 0. The number of halogens is 1. The van der Waals surface area contributed by atoms with E-state index in [2.05, 4.69) is 22.9 Å². The molecule has 1 atom stereocenters. The number of hydrogen-bond acceptors (Lipinski definition) is 1. The molecular formula is C9H17BrO. The number of aliphatic hydroxyl groups is 1. The lowest BCUT2D eigenvalue weighted by atomic mass is 10.1. The van der Waals surface area contributed by atoms with Gasteiger partial charge < -0.3 is 5.11 Å². The van der Waals surface area contributed by atoms with Crippen molar-refractivity contribution < 1.29 is 5.11 Å². The predicted octanol–water partition coefficient (Wildman–Crippen LogP) is 2.88. The van der Waals surface area contributed by atoms with Crippen LogP contribution in [0.4, 0.5) is 0 Å². The molecule has 0 rings (SSSR count). The van der Waals surface area contributed by atoms with Crippen molar-refractivity contribution in [2.75, 3.05) is 5.33 Å². The van der Waals surface area contributed by atoms with Gasteiger partial charge in [-0.25, -0.2) is 0 Å². The minimum atomic E-state index is -0.237. The van der Waals surface area contributed by atoms with E-state index in [-0.39, 0.29) is 6.10 Å². The van der Waals surface area contributed by atoms with Gasteiger partial charge in [0, 0.05) is 5.33 Å². The highest BCUT2D eigenvalue weighted by Crippen LogP contribution is 2.04. The van der Waals surface area contributed by atoms with Crippen molar-refractivity contribution in [3.63, 3.8) is 0 Å². The molecular weight excluding hydrogens is 204 g/mol. The van der Waals surface area contributed by atoms with Crippen LogP contribution in [0.15, 0.2) is 12.2 Å². The van der Waals surface area contributed by atoms with Gasteiger partial charge in [0.25, 0.3) is 0 Å². The van der Waals surface area contributed by atoms with E-state index in [0.717, 1.165) is 18.2 Å². The topological polar surface area (TPSA) is 20.2 Å². The lowest BCUT2D eigenvalue weighted by Crippen LogP contribution is -2.01. The SMILES string of the molecule is CCCCCC(O)C=CCBr. The summed E-state index contributed by atoms with van der Waals surface area (Å²) in [4.78, 5) is 0. The zero-order valence-electron chi connectivity index (χ0n) is 7.09. The molecule has 0 fully saturated rings. The lowest BCUT2D eigenvalue weighted by Gasteiger charge is -2.03. The molecule has 1 unspecified atom stereocenters. The minimum absolute atomic E-state index is 0.237. The Morgan fingerprint density at radius 1 is 1.45 bits per heavy atom. The first-order valence-corrected chi connectivity index (χ1v) is 5.34. The zero-order valence-corrected chi connectivity index (χ0v) is 8.68. The van der Waals surface area contributed by atoms with E-state index in [9.17, 15) is 5.11 Å². The second kappa shape index (κ2) is 8.28. The van der Waals surface area contributed by atoms with Crippen molar-refractivity contribution in [2.45, 2.75) is 38.7 Å². The summed E-state index contributed by atoms with van der Waals surface area (Å²) in [7, 11) is 0. The van der Waals surface area contributed by atoms with Crippen LogP contribution in [-0.4, -0.2) is 16.5 Å². The van der Waals surface area contributed by atoms with Gasteiger partial charge in [-0.3, -0.25) is 0 Å². The summed E-state index contributed by atoms with van der Waals surface area (Å²) in [6, 6.07) is 0. The van der Waals surface area contributed by atoms with Crippen molar-refractivity contribution in [3.05, 3.63) is 12.2 Å². The first kappa shape index (κ1) is 11.2. The second-order valence-corrected chi connectivity index (χ2v) is 3.29. The Balaban J connectivity index is 3.21. The van der Waals surface area contributed by atoms with Crippen molar-refractivity contribution in [1.82, 2.24) is 0 Å². The van der Waals surface area contributed by atoms with Crippen LogP contribution >= 0.6 is 15.9 Å². The summed E-state index contributed by atoms with van der Waals surface area (Å²) in [5.74, 6) is 0. The predicted molar refractivity (Wildman–Crippen MR) is 53.1 cm³/mol. The summed E-state index contributed by atoms with van der Waals surface area (Å²) >= 11 is 3.26. The maximum Gasteiger partial charge on any atom is 0.0721 e. The molecule has 0 radical (unpaired) electrons. The molecule has 2 heteroatoms. The van der Waals surface area contributed by atoms with E-state index in [1.54, 1.807) is 0 Å². The van der Waals surface area contributed by atoms with Crippen LogP contribution in [0.25, 0.3) is 0 Å². The van der Waals surface area contributed by atoms with Crippen molar-refractivity contribution in [1.29, 1.82) is 0 Å². The Hall–Kier alpha value is 0.180. The number of allylic oxidation sites excluding steroid dienone is 1. The van der Waals surface area contributed by atoms with Crippen molar-refractivity contribution in [3.8, 4) is 0 Å². The Labute approximate surface area is 77.6 Å². The third kappa shape index (κ3) is 8.08. The van der Waals surface area contributed by atoms with Gasteiger partial charge in [-0.15, -0.1) is 0 Å². The molecule has 0 amide bonds. The summed E-state index contributed by atoms with van der Waals surface area (Å²) in [6.07, 6.45) is 8.02. The van der Waals surface area contributed by atoms with Crippen LogP contribution in [0.2, 0.25) is 0 Å². The van der Waals surface area contributed by atoms with Crippen molar-refractivity contribution >= 4 is 15.9 Å². The smallest absolute Gasteiger partial charge is 0.0721 e. The molecule has 0 heterocycles. The molecule has 0 aliphatic carbocycles. The molecule has 0 saturated carbocycles. The van der Waals surface area contributed by atoms with Crippen LogP contribution in [0, 0.1) is 0 Å². The van der Waals surface area contributed by atoms with Gasteiger partial charge in [0.05, 0.1) is 6.10 Å². The molecule has 0 saturated heterocycles. The summed E-state index contributed by atoms with van der Waals surface area (Å²) < 4.78 is 0. The minimum Gasteiger partial charge on any atom is -0.389 e. The van der Waals surface area contributed by atoms with Gasteiger partial charge >= 0.3 is 0 Å². The molecule has 1 nitrogen and oxygen atoms in total. The first-order valence-electron chi connectivity index (χ1n) is 4.22. The number of hydrogen-bond donors (Lipinski definition) is 1. The van der Waals surface area contributed by atoms with E-state index >= 15 is 0 Å². The van der Waals surface area contributed by atoms with Crippen LogP contribution in [0.3, 0.4) is 0 Å². The molecule has 1 N–H and O–H groups in total. The van der Waals surface area contributed by atoms with Crippen LogP contribution in [-0.2, 0) is 0 Å². The number of alkyl halides is 1. The van der Waals surface area contributed by atoms with Crippen LogP contribution in [0.1, 0.15) is 32.6 Å². The van der Waals surface area contributed by atoms with E-state index in [1.807, 2.05) is 12.2 Å². The maximum absolute atomic E-state index is 9.30. The average Bonchev–Trinajstić information content (AvgIpc) is 2.01. The number of aliphatic hydroxyl groups excluding tert-OH is 1. The summed E-state index contributed by atoms with van der Waals surface area (Å²) in [5, 5.41) is 10.1. The first-order chi connectivity index (χ1) is 5.31. The molecule has 0 aromatic carbocycles. The third-order valence-electron chi connectivity index (χ3n) is 1.55. The van der Waals surface area contributed by atoms with E-state index in [0.29, 0.717) is 0 Å². The molecule has 0 bridgehead atoms. The average molecular weight is 221 g/mol. The monoisotopic (exact) mass is 220 g/mol. The molecule has 0 aromatic rings. The largest absolute Gasteiger partial charge is 0.389 e. The molecule has 0 aliphatic rings. The van der Waals surface area contributed by atoms with Gasteiger partial charge in [-0.2, -0.15) is 0 Å². The Bertz CT molecular complexity index is 102. The fourth-order valence-corrected chi connectivity index (χ4v) is 1.12. The van der Waals surface area contributed by atoms with Gasteiger partial charge in [-0.1, -0.05) is 54.3 Å². The molecule has 0 aromatic heterocycles. The third-order valence-corrected chi connectivity index (χ3v) is 1.92. The molecule has 11 heavy (non-hydrogen) atoms. The molecule has 0 spiro atoms. The van der Waals surface area contributed by atoms with E-state index in [4.69, 9.17) is 0 Å². The van der Waals surface area contributed by atoms with Crippen LogP contribution < -0.4 is 0 Å². The Morgan fingerprint density at radius 2 is 2.18 bits per heavy atom. The van der Waals surface area contributed by atoms with Gasteiger partial charge in [0.15, 0.2) is 0 Å². The number of unbranched alkanes of at least 4 members (excludes halogenated alkanes) is 2. The highest BCUT2D eigenvalue weighted by atomic mass is 79.9. The quantitative estimate of drug-likeness (QED) is 0.415. The van der Waals surface area contributed by atoms with Gasteiger partial charge in [0.1, 0.15) is 0 Å². The maximum atomic E-state index is 9.30. The fourth-order valence-electron chi connectivity index (χ4n) is 0.908. The van der Waals surface area contributed by atoms with E-state index in [1.165, 1.54) is 12.8 Å². The number of rotatable bonds is 6. The van der Waals surface area contributed by atoms with Crippen LogP contribution in [0.5, 0.6) is 0 Å². The molecule has 0 aliphatic heterocycles. The molecule has 66 valence electrons. The lowest BCUT2D eigenvalue weighted by molar-refractivity contribution is 0.208. The van der Waals surface area contributed by atoms with Gasteiger partial charge in [-0.05, 0) is 6.42 Å².